The number of ether oxygens (including phenoxy) is 1. The molecule has 0 aliphatic heterocycles. The van der Waals surface area contributed by atoms with Gasteiger partial charge in [-0.15, -0.1) is 0 Å². The smallest absolute Gasteiger partial charge is 0.261 e. The van der Waals surface area contributed by atoms with Gasteiger partial charge in [0.15, 0.2) is 10.7 Å². The number of benzene rings is 3. The quantitative estimate of drug-likeness (QED) is 0.288. The van der Waals surface area contributed by atoms with Gasteiger partial charge in [0.2, 0.25) is 5.89 Å². The van der Waals surface area contributed by atoms with Gasteiger partial charge in [0, 0.05) is 5.56 Å². The third-order valence-corrected chi connectivity index (χ3v) is 6.17. The molecule has 8 heteroatoms. The molecule has 0 spiro atoms. The van der Waals surface area contributed by atoms with E-state index in [0.29, 0.717) is 39.4 Å². The van der Waals surface area contributed by atoms with E-state index in [4.69, 9.17) is 33.0 Å². The molecule has 0 radical (unpaired) electrons. The van der Waals surface area contributed by atoms with E-state index in [0.717, 1.165) is 17.5 Å². The average molecular weight is 494 g/mol. The fourth-order valence-corrected chi connectivity index (χ4v) is 3.89. The lowest BCUT2D eigenvalue weighted by Gasteiger charge is -2.13. The van der Waals surface area contributed by atoms with E-state index in [9.17, 15) is 4.79 Å². The van der Waals surface area contributed by atoms with Crippen LogP contribution in [0.2, 0.25) is 5.02 Å². The summed E-state index contributed by atoms with van der Waals surface area (Å²) in [6.07, 6.45) is 1.05. The second-order valence-corrected chi connectivity index (χ2v) is 8.67. The largest absolute Gasteiger partial charge is 0.496 e. The van der Waals surface area contributed by atoms with E-state index in [1.807, 2.05) is 12.1 Å². The van der Waals surface area contributed by atoms with Crippen LogP contribution in [0.1, 0.15) is 42.1 Å². The number of halogens is 1. The molecule has 0 saturated carbocycles. The number of fused-ring (bicyclic) bond motifs is 1. The van der Waals surface area contributed by atoms with Crippen LogP contribution in [0.3, 0.4) is 0 Å². The van der Waals surface area contributed by atoms with Crippen LogP contribution in [0.4, 0.5) is 5.69 Å². The predicted octanol–water partition coefficient (Wildman–Crippen LogP) is 6.80. The molecule has 1 amide bonds. The molecule has 1 aromatic heterocycles. The highest BCUT2D eigenvalue weighted by atomic mass is 35.5. The number of anilines is 1. The summed E-state index contributed by atoms with van der Waals surface area (Å²) in [5.41, 5.74) is 4.36. The number of hydrogen-bond donors (Lipinski definition) is 2. The second-order valence-electron chi connectivity index (χ2n) is 7.86. The topological polar surface area (TPSA) is 76.4 Å². The highest BCUT2D eigenvalue weighted by Gasteiger charge is 2.16. The molecule has 2 N–H and O–H groups in total. The van der Waals surface area contributed by atoms with Gasteiger partial charge in [-0.1, -0.05) is 43.6 Å². The number of aromatic nitrogens is 1. The van der Waals surface area contributed by atoms with E-state index in [1.165, 1.54) is 12.7 Å². The number of rotatable bonds is 6. The standard InChI is InChI=1S/C26H24ClN3O3S/c1-4-15(2)16-10-12-23-21(13-16)28-25(33-23)17-9-11-19(27)20(14-17)29-26(34)30-24(31)18-7-5-6-8-22(18)32-3/h5-15H,4H2,1-3H3,(H2,29,30,31,34)/t15-/m1/s1. The molecule has 1 atom stereocenters. The SMILES string of the molecule is CC[C@@H](C)c1ccc2oc(-c3ccc(Cl)c(NC(=S)NC(=O)c4ccccc4OC)c3)nc2c1. The summed E-state index contributed by atoms with van der Waals surface area (Å²) < 4.78 is 11.2. The number of thiocarbonyl (C=S) groups is 1. The van der Waals surface area contributed by atoms with Gasteiger partial charge < -0.3 is 14.5 Å². The molecular formula is C26H24ClN3O3S. The molecule has 3 aromatic carbocycles. The minimum atomic E-state index is -0.390. The predicted molar refractivity (Wildman–Crippen MR) is 140 cm³/mol. The molecule has 4 rings (SSSR count). The lowest BCUT2D eigenvalue weighted by atomic mass is 9.98. The first-order valence-electron chi connectivity index (χ1n) is 10.8. The first-order valence-corrected chi connectivity index (χ1v) is 11.6. The number of amides is 1. The number of hydrogen-bond acceptors (Lipinski definition) is 5. The van der Waals surface area contributed by atoms with Crippen LogP contribution < -0.4 is 15.4 Å². The fraction of sp³-hybridized carbons (Fsp3) is 0.192. The number of methoxy groups -OCH3 is 1. The van der Waals surface area contributed by atoms with Crippen molar-refractivity contribution in [1.82, 2.24) is 10.3 Å². The van der Waals surface area contributed by atoms with E-state index in [2.05, 4.69) is 41.6 Å². The Morgan fingerprint density at radius 3 is 2.74 bits per heavy atom. The van der Waals surface area contributed by atoms with Crippen molar-refractivity contribution in [1.29, 1.82) is 0 Å². The van der Waals surface area contributed by atoms with Crippen molar-refractivity contribution in [2.24, 2.45) is 0 Å². The Bertz CT molecular complexity index is 1370. The van der Waals surface area contributed by atoms with Gasteiger partial charge in [-0.2, -0.15) is 0 Å². The molecule has 174 valence electrons. The highest BCUT2D eigenvalue weighted by molar-refractivity contribution is 7.80. The Balaban J connectivity index is 1.54. The van der Waals surface area contributed by atoms with Crippen LogP contribution in [0.25, 0.3) is 22.6 Å². The summed E-state index contributed by atoms with van der Waals surface area (Å²) in [4.78, 5) is 17.3. The summed E-state index contributed by atoms with van der Waals surface area (Å²) in [6, 6.07) is 18.3. The Hall–Kier alpha value is -3.42. The number of carbonyl (C=O) groups excluding carboxylic acids is 1. The molecule has 6 nitrogen and oxygen atoms in total. The summed E-state index contributed by atoms with van der Waals surface area (Å²) in [6.45, 7) is 4.35. The summed E-state index contributed by atoms with van der Waals surface area (Å²) in [5.74, 6) is 0.983. The van der Waals surface area contributed by atoms with Crippen molar-refractivity contribution in [3.05, 3.63) is 76.8 Å². The van der Waals surface area contributed by atoms with Gasteiger partial charge in [0.05, 0.1) is 23.4 Å². The highest BCUT2D eigenvalue weighted by Crippen LogP contribution is 2.32. The molecule has 0 saturated heterocycles. The first kappa shape index (κ1) is 23.7. The monoisotopic (exact) mass is 493 g/mol. The fourth-order valence-electron chi connectivity index (χ4n) is 3.52. The zero-order valence-corrected chi connectivity index (χ0v) is 20.6. The molecule has 4 aromatic rings. The molecule has 0 bridgehead atoms. The number of carbonyl (C=O) groups is 1. The molecule has 34 heavy (non-hydrogen) atoms. The number of oxazole rings is 1. The van der Waals surface area contributed by atoms with Gasteiger partial charge >= 0.3 is 0 Å². The summed E-state index contributed by atoms with van der Waals surface area (Å²) >= 11 is 11.7. The average Bonchev–Trinajstić information content (AvgIpc) is 3.28. The van der Waals surface area contributed by atoms with Crippen molar-refractivity contribution < 1.29 is 13.9 Å². The summed E-state index contributed by atoms with van der Waals surface area (Å²) in [7, 11) is 1.51. The third kappa shape index (κ3) is 5.05. The second kappa shape index (κ2) is 10.2. The first-order chi connectivity index (χ1) is 16.4. The molecule has 0 fully saturated rings. The number of nitrogens with one attached hydrogen (secondary N) is 2. The van der Waals surface area contributed by atoms with Crippen LogP contribution in [-0.2, 0) is 0 Å². The Morgan fingerprint density at radius 2 is 1.97 bits per heavy atom. The number of para-hydroxylation sites is 1. The lowest BCUT2D eigenvalue weighted by molar-refractivity contribution is 0.0975. The van der Waals surface area contributed by atoms with Gasteiger partial charge in [0.25, 0.3) is 5.91 Å². The maximum Gasteiger partial charge on any atom is 0.261 e. The van der Waals surface area contributed by atoms with Crippen LogP contribution in [0.5, 0.6) is 5.75 Å². The Kier molecular flexibility index (Phi) is 7.14. The minimum absolute atomic E-state index is 0.103. The van der Waals surface area contributed by atoms with Crippen molar-refractivity contribution in [3.63, 3.8) is 0 Å². The minimum Gasteiger partial charge on any atom is -0.496 e. The third-order valence-electron chi connectivity index (χ3n) is 5.63. The normalized spacial score (nSPS) is 11.8. The van der Waals surface area contributed by atoms with Gasteiger partial charge in [0.1, 0.15) is 11.3 Å². The van der Waals surface area contributed by atoms with Crippen molar-refractivity contribution >= 4 is 51.6 Å². The molecular weight excluding hydrogens is 470 g/mol. The molecule has 0 aliphatic rings. The van der Waals surface area contributed by atoms with Crippen LogP contribution in [0, 0.1) is 0 Å². The summed E-state index contributed by atoms with van der Waals surface area (Å²) in [5, 5.41) is 6.17. The zero-order chi connectivity index (χ0) is 24.2. The lowest BCUT2D eigenvalue weighted by Crippen LogP contribution is -2.34. The Labute approximate surface area is 208 Å². The van der Waals surface area contributed by atoms with E-state index >= 15 is 0 Å². The maximum absolute atomic E-state index is 12.6. The Morgan fingerprint density at radius 1 is 1.18 bits per heavy atom. The maximum atomic E-state index is 12.6. The van der Waals surface area contributed by atoms with Crippen LogP contribution >= 0.6 is 23.8 Å². The number of nitrogens with zero attached hydrogens (tertiary/aromatic N) is 1. The zero-order valence-electron chi connectivity index (χ0n) is 19.0. The van der Waals surface area contributed by atoms with Crippen molar-refractivity contribution in [3.8, 4) is 17.2 Å². The molecule has 0 unspecified atom stereocenters. The van der Waals surface area contributed by atoms with E-state index in [1.54, 1.807) is 36.4 Å². The van der Waals surface area contributed by atoms with Crippen molar-refractivity contribution in [2.45, 2.75) is 26.2 Å². The van der Waals surface area contributed by atoms with Crippen molar-refractivity contribution in [2.75, 3.05) is 12.4 Å². The van der Waals surface area contributed by atoms with Crippen LogP contribution in [-0.4, -0.2) is 23.1 Å². The van der Waals surface area contributed by atoms with Gasteiger partial charge in [-0.3, -0.25) is 10.1 Å². The van der Waals surface area contributed by atoms with Crippen LogP contribution in [0.15, 0.2) is 65.1 Å². The molecule has 1 heterocycles. The van der Waals surface area contributed by atoms with E-state index < -0.39 is 5.91 Å². The van der Waals surface area contributed by atoms with Gasteiger partial charge in [-0.25, -0.2) is 4.98 Å². The van der Waals surface area contributed by atoms with Gasteiger partial charge in [-0.05, 0) is 72.6 Å². The van der Waals surface area contributed by atoms with E-state index in [-0.39, 0.29) is 5.11 Å². The molecule has 0 aliphatic carbocycles.